The minimum absolute atomic E-state index is 0.116. The van der Waals surface area contributed by atoms with E-state index in [1.165, 1.54) is 0 Å². The molecule has 0 aliphatic carbocycles. The number of nitrogens with zero attached hydrogens (tertiary/aromatic N) is 5. The molecule has 1 aliphatic heterocycles. The van der Waals surface area contributed by atoms with Crippen molar-refractivity contribution in [3.8, 4) is 17.1 Å². The highest BCUT2D eigenvalue weighted by atomic mass is 16.5. The van der Waals surface area contributed by atoms with Crippen molar-refractivity contribution in [3.05, 3.63) is 48.5 Å². The number of urea groups is 1. The monoisotopic (exact) mass is 422 g/mol. The van der Waals surface area contributed by atoms with Crippen LogP contribution >= 0.6 is 0 Å². The number of anilines is 2. The number of piperazine rings is 1. The molecule has 0 atom stereocenters. The Bertz CT molecular complexity index is 1030. The second-order valence-corrected chi connectivity index (χ2v) is 7.65. The fourth-order valence-corrected chi connectivity index (χ4v) is 3.33. The molecule has 31 heavy (non-hydrogen) atoms. The third kappa shape index (κ3) is 4.76. The van der Waals surface area contributed by atoms with Crippen molar-refractivity contribution in [2.24, 2.45) is 0 Å². The number of benzene rings is 1. The third-order valence-corrected chi connectivity index (χ3v) is 5.15. The zero-order valence-corrected chi connectivity index (χ0v) is 17.9. The first kappa shape index (κ1) is 20.6. The number of carbonyl (C=O) groups excluding carboxylic acids is 1. The summed E-state index contributed by atoms with van der Waals surface area (Å²) in [5, 5.41) is 6.95. The first-order valence-corrected chi connectivity index (χ1v) is 10.3. The van der Waals surface area contributed by atoms with Gasteiger partial charge < -0.3 is 24.4 Å². The normalized spacial score (nSPS) is 14.1. The number of amides is 2. The fourth-order valence-electron chi connectivity index (χ4n) is 3.33. The average Bonchev–Trinajstić information content (AvgIpc) is 3.30. The van der Waals surface area contributed by atoms with Crippen LogP contribution in [-0.4, -0.2) is 59.3 Å². The van der Waals surface area contributed by atoms with Crippen LogP contribution in [0.4, 0.5) is 16.3 Å². The molecule has 1 fully saturated rings. The number of nitrogens with one attached hydrogen (secondary N) is 1. The number of aromatic nitrogens is 3. The predicted molar refractivity (Wildman–Crippen MR) is 117 cm³/mol. The first-order valence-electron chi connectivity index (χ1n) is 10.3. The van der Waals surface area contributed by atoms with Crippen molar-refractivity contribution in [2.45, 2.75) is 19.8 Å². The van der Waals surface area contributed by atoms with Crippen LogP contribution < -0.4 is 15.0 Å². The first-order chi connectivity index (χ1) is 15.0. The Morgan fingerprint density at radius 2 is 1.97 bits per heavy atom. The van der Waals surface area contributed by atoms with E-state index >= 15 is 0 Å². The number of hydrogen-bond acceptors (Lipinski definition) is 7. The van der Waals surface area contributed by atoms with Crippen molar-refractivity contribution in [3.63, 3.8) is 0 Å². The summed E-state index contributed by atoms with van der Waals surface area (Å²) in [6, 6.07) is 11.1. The van der Waals surface area contributed by atoms with Crippen LogP contribution in [0.15, 0.2) is 47.1 Å². The molecular weight excluding hydrogens is 396 g/mol. The van der Waals surface area contributed by atoms with Crippen LogP contribution in [0.25, 0.3) is 11.4 Å². The van der Waals surface area contributed by atoms with Crippen LogP contribution in [0.2, 0.25) is 0 Å². The number of carbonyl (C=O) groups is 1. The maximum absolute atomic E-state index is 12.6. The maximum Gasteiger partial charge on any atom is 0.321 e. The van der Waals surface area contributed by atoms with Gasteiger partial charge in [-0.2, -0.15) is 4.98 Å². The summed E-state index contributed by atoms with van der Waals surface area (Å²) >= 11 is 0. The van der Waals surface area contributed by atoms with E-state index in [1.54, 1.807) is 24.3 Å². The van der Waals surface area contributed by atoms with Gasteiger partial charge in [0.1, 0.15) is 11.6 Å². The highest BCUT2D eigenvalue weighted by Gasteiger charge is 2.22. The molecule has 162 valence electrons. The van der Waals surface area contributed by atoms with Crippen LogP contribution in [0.1, 0.15) is 25.7 Å². The van der Waals surface area contributed by atoms with Crippen molar-refractivity contribution < 1.29 is 14.1 Å². The molecule has 1 N–H and O–H groups in total. The van der Waals surface area contributed by atoms with Gasteiger partial charge in [-0.25, -0.2) is 9.78 Å². The van der Waals surface area contributed by atoms with E-state index in [2.05, 4.69) is 25.3 Å². The van der Waals surface area contributed by atoms with Crippen molar-refractivity contribution >= 4 is 17.5 Å². The topological polar surface area (TPSA) is 96.6 Å². The zero-order chi connectivity index (χ0) is 21.8. The van der Waals surface area contributed by atoms with Crippen LogP contribution in [0.3, 0.4) is 0 Å². The Morgan fingerprint density at radius 1 is 1.16 bits per heavy atom. The minimum Gasteiger partial charge on any atom is -0.497 e. The summed E-state index contributed by atoms with van der Waals surface area (Å²) in [6.07, 6.45) is 1.76. The smallest absolute Gasteiger partial charge is 0.321 e. The maximum atomic E-state index is 12.6. The number of hydrogen-bond donors (Lipinski definition) is 1. The standard InChI is InChI=1S/C22H26N6O3/c1-15(2)21-25-20(26-31-21)16-7-8-19(23-14-16)27-9-11-28(12-10-27)22(29)24-17-5-4-6-18(13-17)30-3/h4-8,13-15H,9-12H2,1-3H3,(H,24,29). The number of rotatable bonds is 5. The molecule has 3 aromatic rings. The molecule has 0 spiro atoms. The molecule has 1 saturated heterocycles. The molecule has 0 bridgehead atoms. The number of methoxy groups -OCH3 is 1. The predicted octanol–water partition coefficient (Wildman–Crippen LogP) is 3.62. The van der Waals surface area contributed by atoms with Crippen LogP contribution in [-0.2, 0) is 0 Å². The fraction of sp³-hybridized carbons (Fsp3) is 0.364. The Labute approximate surface area is 181 Å². The van der Waals surface area contributed by atoms with Gasteiger partial charge >= 0.3 is 6.03 Å². The lowest BCUT2D eigenvalue weighted by atomic mass is 10.2. The van der Waals surface area contributed by atoms with Crippen molar-refractivity contribution in [1.29, 1.82) is 0 Å². The second kappa shape index (κ2) is 9.03. The largest absolute Gasteiger partial charge is 0.497 e. The van der Waals surface area contributed by atoms with Gasteiger partial charge in [-0.15, -0.1) is 0 Å². The summed E-state index contributed by atoms with van der Waals surface area (Å²) in [7, 11) is 1.60. The molecular formula is C22H26N6O3. The molecule has 9 nitrogen and oxygen atoms in total. The molecule has 2 aromatic heterocycles. The van der Waals surface area contributed by atoms with E-state index in [9.17, 15) is 4.79 Å². The van der Waals surface area contributed by atoms with Crippen LogP contribution in [0, 0.1) is 0 Å². The van der Waals surface area contributed by atoms with Gasteiger partial charge in [-0.3, -0.25) is 0 Å². The minimum atomic E-state index is -0.116. The lowest BCUT2D eigenvalue weighted by Gasteiger charge is -2.35. The molecule has 3 heterocycles. The van der Waals surface area contributed by atoms with Gasteiger partial charge in [0.15, 0.2) is 0 Å². The lowest BCUT2D eigenvalue weighted by molar-refractivity contribution is 0.208. The molecule has 1 aliphatic rings. The molecule has 1 aromatic carbocycles. The number of ether oxygens (including phenoxy) is 1. The molecule has 4 rings (SSSR count). The Hall–Kier alpha value is -3.62. The second-order valence-electron chi connectivity index (χ2n) is 7.65. The molecule has 9 heteroatoms. The Morgan fingerprint density at radius 3 is 2.61 bits per heavy atom. The van der Waals surface area contributed by atoms with E-state index in [0.29, 0.717) is 49.3 Å². The van der Waals surface area contributed by atoms with E-state index in [1.807, 2.05) is 44.2 Å². The summed E-state index contributed by atoms with van der Waals surface area (Å²) in [5.41, 5.74) is 1.53. The van der Waals surface area contributed by atoms with Gasteiger partial charge in [-0.05, 0) is 24.3 Å². The summed E-state index contributed by atoms with van der Waals surface area (Å²) < 4.78 is 10.5. The van der Waals surface area contributed by atoms with Crippen molar-refractivity contribution in [2.75, 3.05) is 43.5 Å². The highest BCUT2D eigenvalue weighted by Crippen LogP contribution is 2.22. The number of pyridine rings is 1. The van der Waals surface area contributed by atoms with Gasteiger partial charge in [0, 0.05) is 55.6 Å². The summed E-state index contributed by atoms with van der Waals surface area (Å²) in [5.74, 6) is 2.91. The Balaban J connectivity index is 1.33. The van der Waals surface area contributed by atoms with Gasteiger partial charge in [-0.1, -0.05) is 25.1 Å². The van der Waals surface area contributed by atoms with E-state index < -0.39 is 0 Å². The van der Waals surface area contributed by atoms with Gasteiger partial charge in [0.2, 0.25) is 11.7 Å². The summed E-state index contributed by atoms with van der Waals surface area (Å²) in [4.78, 5) is 25.5. The highest BCUT2D eigenvalue weighted by molar-refractivity contribution is 5.89. The zero-order valence-electron chi connectivity index (χ0n) is 17.9. The SMILES string of the molecule is COc1cccc(NC(=O)N2CCN(c3ccc(-c4noc(C(C)C)n4)cn3)CC2)c1. The molecule has 0 radical (unpaired) electrons. The Kier molecular flexibility index (Phi) is 6.01. The van der Waals surface area contributed by atoms with Gasteiger partial charge in [0.25, 0.3) is 0 Å². The molecule has 2 amide bonds. The van der Waals surface area contributed by atoms with E-state index in [-0.39, 0.29) is 11.9 Å². The van der Waals surface area contributed by atoms with Crippen molar-refractivity contribution in [1.82, 2.24) is 20.0 Å². The third-order valence-electron chi connectivity index (χ3n) is 5.15. The molecule has 0 unspecified atom stereocenters. The summed E-state index contributed by atoms with van der Waals surface area (Å²) in [6.45, 7) is 6.66. The molecule has 0 saturated carbocycles. The van der Waals surface area contributed by atoms with E-state index in [4.69, 9.17) is 9.26 Å². The van der Waals surface area contributed by atoms with E-state index in [0.717, 1.165) is 11.4 Å². The van der Waals surface area contributed by atoms with Gasteiger partial charge in [0.05, 0.1) is 7.11 Å². The van der Waals surface area contributed by atoms with Crippen LogP contribution in [0.5, 0.6) is 5.75 Å². The lowest BCUT2D eigenvalue weighted by Crippen LogP contribution is -2.50. The average molecular weight is 422 g/mol. The quantitative estimate of drug-likeness (QED) is 0.671.